The SMILES string of the molecule is Cc1ccc(-n2cnnn2)cc1NC(=O)CCCC(=O)O. The van der Waals surface area contributed by atoms with Gasteiger partial charge in [-0.1, -0.05) is 6.07 Å². The van der Waals surface area contributed by atoms with E-state index >= 15 is 0 Å². The summed E-state index contributed by atoms with van der Waals surface area (Å²) in [4.78, 5) is 22.2. The van der Waals surface area contributed by atoms with E-state index in [1.165, 1.54) is 11.0 Å². The van der Waals surface area contributed by atoms with Gasteiger partial charge < -0.3 is 10.4 Å². The summed E-state index contributed by atoms with van der Waals surface area (Å²) >= 11 is 0. The minimum absolute atomic E-state index is 0.0168. The van der Waals surface area contributed by atoms with Crippen molar-refractivity contribution in [2.45, 2.75) is 26.2 Å². The molecule has 1 heterocycles. The summed E-state index contributed by atoms with van der Waals surface area (Å²) in [5, 5.41) is 22.2. The molecule has 2 rings (SSSR count). The molecule has 0 aliphatic rings. The first-order valence-electron chi connectivity index (χ1n) is 6.42. The summed E-state index contributed by atoms with van der Waals surface area (Å²) < 4.78 is 1.49. The predicted octanol–water partition coefficient (Wildman–Crippen LogP) is 1.16. The number of carboxylic acids is 1. The van der Waals surface area contributed by atoms with Crippen molar-refractivity contribution in [2.75, 3.05) is 5.32 Å². The van der Waals surface area contributed by atoms with Crippen LogP contribution >= 0.6 is 0 Å². The van der Waals surface area contributed by atoms with Crippen LogP contribution in [0.25, 0.3) is 5.69 Å². The number of rotatable bonds is 6. The van der Waals surface area contributed by atoms with Gasteiger partial charge in [0.15, 0.2) is 0 Å². The number of hydrogen-bond donors (Lipinski definition) is 2. The average molecular weight is 289 g/mol. The lowest BCUT2D eigenvalue weighted by molar-refractivity contribution is -0.137. The monoisotopic (exact) mass is 289 g/mol. The Morgan fingerprint density at radius 2 is 2.14 bits per heavy atom. The quantitative estimate of drug-likeness (QED) is 0.825. The van der Waals surface area contributed by atoms with Crippen molar-refractivity contribution in [1.29, 1.82) is 0 Å². The van der Waals surface area contributed by atoms with Crippen LogP contribution in [0.5, 0.6) is 0 Å². The molecule has 2 aromatic rings. The zero-order valence-corrected chi connectivity index (χ0v) is 11.5. The van der Waals surface area contributed by atoms with Gasteiger partial charge in [0.25, 0.3) is 0 Å². The third kappa shape index (κ3) is 4.10. The number of aromatic nitrogens is 4. The number of carbonyl (C=O) groups is 2. The van der Waals surface area contributed by atoms with Crippen LogP contribution in [0.1, 0.15) is 24.8 Å². The van der Waals surface area contributed by atoms with E-state index in [4.69, 9.17) is 5.11 Å². The third-order valence-electron chi connectivity index (χ3n) is 2.90. The van der Waals surface area contributed by atoms with Crippen LogP contribution in [0.15, 0.2) is 24.5 Å². The van der Waals surface area contributed by atoms with Crippen molar-refractivity contribution in [3.05, 3.63) is 30.1 Å². The molecule has 8 nitrogen and oxygen atoms in total. The predicted molar refractivity (Wildman–Crippen MR) is 74.0 cm³/mol. The highest BCUT2D eigenvalue weighted by atomic mass is 16.4. The molecule has 0 unspecified atom stereocenters. The molecule has 0 atom stereocenters. The number of amides is 1. The minimum atomic E-state index is -0.903. The van der Waals surface area contributed by atoms with E-state index in [0.717, 1.165) is 11.3 Å². The Balaban J connectivity index is 2.04. The third-order valence-corrected chi connectivity index (χ3v) is 2.90. The number of carbonyl (C=O) groups excluding carboxylic acids is 1. The van der Waals surface area contributed by atoms with E-state index in [1.54, 1.807) is 6.07 Å². The average Bonchev–Trinajstić information content (AvgIpc) is 2.95. The van der Waals surface area contributed by atoms with E-state index in [9.17, 15) is 9.59 Å². The number of nitrogens with zero attached hydrogens (tertiary/aromatic N) is 4. The van der Waals surface area contributed by atoms with Crippen LogP contribution in [0.3, 0.4) is 0 Å². The molecule has 0 saturated heterocycles. The second-order valence-electron chi connectivity index (χ2n) is 4.55. The van der Waals surface area contributed by atoms with Gasteiger partial charge in [0, 0.05) is 18.5 Å². The van der Waals surface area contributed by atoms with Crippen LogP contribution in [-0.2, 0) is 9.59 Å². The summed E-state index contributed by atoms with van der Waals surface area (Å²) in [5.74, 6) is -1.12. The molecule has 0 aliphatic heterocycles. The molecule has 2 N–H and O–H groups in total. The van der Waals surface area contributed by atoms with Crippen LogP contribution < -0.4 is 5.32 Å². The Labute approximate surface area is 120 Å². The smallest absolute Gasteiger partial charge is 0.303 e. The molecule has 0 fully saturated rings. The topological polar surface area (TPSA) is 110 Å². The molecule has 8 heteroatoms. The molecule has 21 heavy (non-hydrogen) atoms. The first-order valence-corrected chi connectivity index (χ1v) is 6.42. The normalized spacial score (nSPS) is 10.3. The highest BCUT2D eigenvalue weighted by molar-refractivity contribution is 5.92. The number of anilines is 1. The summed E-state index contributed by atoms with van der Waals surface area (Å²) in [5.41, 5.74) is 2.29. The highest BCUT2D eigenvalue weighted by Crippen LogP contribution is 2.19. The van der Waals surface area contributed by atoms with Gasteiger partial charge in [0.1, 0.15) is 6.33 Å². The van der Waals surface area contributed by atoms with Crippen LogP contribution in [0.4, 0.5) is 5.69 Å². The first kappa shape index (κ1) is 14.6. The molecule has 0 saturated carbocycles. The van der Waals surface area contributed by atoms with Gasteiger partial charge in [-0.05, 0) is 41.5 Å². The van der Waals surface area contributed by atoms with Gasteiger partial charge in [0.05, 0.1) is 5.69 Å². The van der Waals surface area contributed by atoms with Crippen molar-refractivity contribution in [2.24, 2.45) is 0 Å². The van der Waals surface area contributed by atoms with Crippen molar-refractivity contribution in [3.63, 3.8) is 0 Å². The number of aliphatic carboxylic acids is 1. The molecular weight excluding hydrogens is 274 g/mol. The maximum Gasteiger partial charge on any atom is 0.303 e. The molecule has 110 valence electrons. The fraction of sp³-hybridized carbons (Fsp3) is 0.308. The van der Waals surface area contributed by atoms with Gasteiger partial charge in [-0.3, -0.25) is 9.59 Å². The Kier molecular flexibility index (Phi) is 4.60. The minimum Gasteiger partial charge on any atom is -0.481 e. The van der Waals surface area contributed by atoms with E-state index in [0.29, 0.717) is 12.1 Å². The maximum absolute atomic E-state index is 11.8. The summed E-state index contributed by atoms with van der Waals surface area (Å²) in [6.45, 7) is 1.87. The van der Waals surface area contributed by atoms with Crippen LogP contribution in [0.2, 0.25) is 0 Å². The lowest BCUT2D eigenvalue weighted by Gasteiger charge is -2.10. The number of aryl methyl sites for hydroxylation is 1. The summed E-state index contributed by atoms with van der Waals surface area (Å²) in [6.07, 6.45) is 1.92. The number of tetrazole rings is 1. The summed E-state index contributed by atoms with van der Waals surface area (Å²) in [7, 11) is 0. The number of benzene rings is 1. The van der Waals surface area contributed by atoms with E-state index in [-0.39, 0.29) is 18.7 Å². The van der Waals surface area contributed by atoms with Crippen molar-refractivity contribution in [1.82, 2.24) is 20.2 Å². The largest absolute Gasteiger partial charge is 0.481 e. The Hall–Kier alpha value is -2.77. The number of hydrogen-bond acceptors (Lipinski definition) is 5. The zero-order chi connectivity index (χ0) is 15.2. The molecular formula is C13H15N5O3. The van der Waals surface area contributed by atoms with Gasteiger partial charge in [-0.15, -0.1) is 5.10 Å². The highest BCUT2D eigenvalue weighted by Gasteiger charge is 2.08. The van der Waals surface area contributed by atoms with E-state index in [1.807, 2.05) is 19.1 Å². The molecule has 0 radical (unpaired) electrons. The van der Waals surface area contributed by atoms with Gasteiger partial charge in [-0.2, -0.15) is 0 Å². The fourth-order valence-corrected chi connectivity index (χ4v) is 1.78. The second kappa shape index (κ2) is 6.60. The maximum atomic E-state index is 11.8. The first-order chi connectivity index (χ1) is 10.1. The molecule has 0 aliphatic carbocycles. The van der Waals surface area contributed by atoms with Crippen LogP contribution in [0, 0.1) is 6.92 Å². The van der Waals surface area contributed by atoms with Gasteiger partial charge in [0.2, 0.25) is 5.91 Å². The van der Waals surface area contributed by atoms with Crippen molar-refractivity contribution < 1.29 is 14.7 Å². The van der Waals surface area contributed by atoms with E-state index in [2.05, 4.69) is 20.8 Å². The Morgan fingerprint density at radius 3 is 2.81 bits per heavy atom. The molecule has 1 aromatic heterocycles. The van der Waals surface area contributed by atoms with Gasteiger partial charge in [-0.25, -0.2) is 4.68 Å². The summed E-state index contributed by atoms with van der Waals surface area (Å²) in [6, 6.07) is 5.45. The van der Waals surface area contributed by atoms with Gasteiger partial charge >= 0.3 is 5.97 Å². The lowest BCUT2D eigenvalue weighted by atomic mass is 10.1. The number of nitrogens with one attached hydrogen (secondary N) is 1. The second-order valence-corrected chi connectivity index (χ2v) is 4.55. The fourth-order valence-electron chi connectivity index (χ4n) is 1.78. The molecule has 1 aromatic carbocycles. The molecule has 0 spiro atoms. The standard InChI is InChI=1S/C13H15N5O3/c1-9-5-6-10(18-8-14-16-17-18)7-11(9)15-12(19)3-2-4-13(20)21/h5-8H,2-4H2,1H3,(H,15,19)(H,20,21). The number of carboxylic acid groups (broad SMARTS) is 1. The zero-order valence-electron chi connectivity index (χ0n) is 11.5. The Morgan fingerprint density at radius 1 is 1.33 bits per heavy atom. The van der Waals surface area contributed by atoms with E-state index < -0.39 is 5.97 Å². The molecule has 0 bridgehead atoms. The van der Waals surface area contributed by atoms with Crippen molar-refractivity contribution in [3.8, 4) is 5.69 Å². The van der Waals surface area contributed by atoms with Crippen LogP contribution in [-0.4, -0.2) is 37.2 Å². The molecule has 1 amide bonds. The lowest BCUT2D eigenvalue weighted by Crippen LogP contribution is -2.13. The Bertz CT molecular complexity index is 639. The van der Waals surface area contributed by atoms with Crippen molar-refractivity contribution >= 4 is 17.6 Å².